The molecule has 1 aromatic rings. The van der Waals surface area contributed by atoms with Crippen LogP contribution < -0.4 is 5.43 Å². The van der Waals surface area contributed by atoms with Crippen molar-refractivity contribution in [1.29, 1.82) is 0 Å². The zero-order valence-electron chi connectivity index (χ0n) is 9.90. The maximum atomic E-state index is 11.1. The molecule has 0 amide bonds. The van der Waals surface area contributed by atoms with Gasteiger partial charge in [0.25, 0.3) is 0 Å². The second-order valence-corrected chi connectivity index (χ2v) is 3.71. The largest absolute Gasteiger partial charge is 0.503 e. The van der Waals surface area contributed by atoms with Gasteiger partial charge in [0, 0.05) is 32.0 Å². The van der Waals surface area contributed by atoms with E-state index >= 15 is 0 Å². The predicted molar refractivity (Wildman–Crippen MR) is 62.8 cm³/mol. The van der Waals surface area contributed by atoms with Gasteiger partial charge in [0.2, 0.25) is 5.43 Å². The normalized spacial score (nSPS) is 10.6. The van der Waals surface area contributed by atoms with Crippen LogP contribution in [0.2, 0.25) is 0 Å². The standard InChI is InChI=1S/C12H19NO3/c1-3-16-9-5-4-7-13-8-6-11(14)12(15)10(13)2/h6,8,15H,3-5,7,9H2,1-2H3. The number of rotatable bonds is 6. The van der Waals surface area contributed by atoms with Crippen LogP contribution >= 0.6 is 0 Å². The first kappa shape index (κ1) is 12.8. The van der Waals surface area contributed by atoms with Crippen LogP contribution in [0.4, 0.5) is 0 Å². The lowest BCUT2D eigenvalue weighted by molar-refractivity contribution is 0.142. The lowest BCUT2D eigenvalue weighted by Gasteiger charge is -2.11. The van der Waals surface area contributed by atoms with Crippen LogP contribution in [0.1, 0.15) is 25.5 Å². The molecule has 4 heteroatoms. The summed E-state index contributed by atoms with van der Waals surface area (Å²) in [7, 11) is 0. The number of aromatic hydroxyl groups is 1. The molecule has 0 atom stereocenters. The molecule has 0 unspecified atom stereocenters. The number of aryl methyl sites for hydroxylation is 1. The van der Waals surface area contributed by atoms with Crippen molar-refractivity contribution in [2.24, 2.45) is 0 Å². The lowest BCUT2D eigenvalue weighted by Crippen LogP contribution is -2.10. The second-order valence-electron chi connectivity index (χ2n) is 3.71. The zero-order chi connectivity index (χ0) is 12.0. The van der Waals surface area contributed by atoms with E-state index in [-0.39, 0.29) is 11.2 Å². The number of nitrogens with zero attached hydrogens (tertiary/aromatic N) is 1. The molecule has 0 spiro atoms. The quantitative estimate of drug-likeness (QED) is 0.749. The molecular weight excluding hydrogens is 206 g/mol. The number of aromatic nitrogens is 1. The van der Waals surface area contributed by atoms with Gasteiger partial charge in [-0.05, 0) is 26.7 Å². The van der Waals surface area contributed by atoms with Crippen molar-refractivity contribution in [1.82, 2.24) is 4.57 Å². The summed E-state index contributed by atoms with van der Waals surface area (Å²) in [5, 5.41) is 9.47. The summed E-state index contributed by atoms with van der Waals surface area (Å²) in [5.41, 5.74) is 0.312. The van der Waals surface area contributed by atoms with Crippen molar-refractivity contribution in [2.45, 2.75) is 33.2 Å². The summed E-state index contributed by atoms with van der Waals surface area (Å²) < 4.78 is 7.13. The molecule has 1 aromatic heterocycles. The van der Waals surface area contributed by atoms with Gasteiger partial charge in [-0.2, -0.15) is 0 Å². The third-order valence-corrected chi connectivity index (χ3v) is 2.55. The van der Waals surface area contributed by atoms with Gasteiger partial charge in [0.15, 0.2) is 5.75 Å². The fraction of sp³-hybridized carbons (Fsp3) is 0.583. The second kappa shape index (κ2) is 6.33. The molecule has 16 heavy (non-hydrogen) atoms. The molecule has 0 saturated heterocycles. The van der Waals surface area contributed by atoms with Crippen molar-refractivity contribution in [2.75, 3.05) is 13.2 Å². The van der Waals surface area contributed by atoms with E-state index in [0.29, 0.717) is 5.69 Å². The minimum absolute atomic E-state index is 0.146. The molecule has 0 fully saturated rings. The predicted octanol–water partition coefficient (Wildman–Crippen LogP) is 1.68. The highest BCUT2D eigenvalue weighted by atomic mass is 16.5. The molecule has 0 aliphatic carbocycles. The Hall–Kier alpha value is -1.29. The fourth-order valence-electron chi connectivity index (χ4n) is 1.54. The number of hydrogen-bond donors (Lipinski definition) is 1. The topological polar surface area (TPSA) is 51.5 Å². The Morgan fingerprint density at radius 1 is 1.44 bits per heavy atom. The molecule has 0 aliphatic heterocycles. The SMILES string of the molecule is CCOCCCCn1ccc(=O)c(O)c1C. The van der Waals surface area contributed by atoms with Gasteiger partial charge < -0.3 is 14.4 Å². The average Bonchev–Trinajstić information content (AvgIpc) is 2.28. The van der Waals surface area contributed by atoms with Crippen LogP contribution in [0.15, 0.2) is 17.1 Å². The minimum atomic E-state index is -0.317. The van der Waals surface area contributed by atoms with E-state index in [4.69, 9.17) is 4.74 Å². The van der Waals surface area contributed by atoms with E-state index in [2.05, 4.69) is 0 Å². The summed E-state index contributed by atoms with van der Waals surface area (Å²) in [6.45, 7) is 6.04. The first-order valence-corrected chi connectivity index (χ1v) is 5.63. The van der Waals surface area contributed by atoms with E-state index in [1.54, 1.807) is 13.1 Å². The van der Waals surface area contributed by atoms with Crippen molar-refractivity contribution < 1.29 is 9.84 Å². The van der Waals surface area contributed by atoms with Gasteiger partial charge >= 0.3 is 0 Å². The summed E-state index contributed by atoms with van der Waals surface area (Å²) in [6, 6.07) is 1.39. The van der Waals surface area contributed by atoms with Crippen LogP contribution in [-0.4, -0.2) is 22.9 Å². The molecule has 1 N–H and O–H groups in total. The molecule has 0 aromatic carbocycles. The number of hydrogen-bond acceptors (Lipinski definition) is 3. The van der Waals surface area contributed by atoms with Gasteiger partial charge in [-0.3, -0.25) is 4.79 Å². The Bertz CT molecular complexity index is 384. The Balaban J connectivity index is 2.49. The van der Waals surface area contributed by atoms with Gasteiger partial charge in [0.05, 0.1) is 5.69 Å². The van der Waals surface area contributed by atoms with Crippen LogP contribution in [0, 0.1) is 6.92 Å². The third kappa shape index (κ3) is 3.38. The number of ether oxygens (including phenoxy) is 1. The molecule has 1 heterocycles. The van der Waals surface area contributed by atoms with Gasteiger partial charge in [0.1, 0.15) is 0 Å². The highest BCUT2D eigenvalue weighted by Crippen LogP contribution is 2.10. The maximum Gasteiger partial charge on any atom is 0.223 e. The highest BCUT2D eigenvalue weighted by molar-refractivity contribution is 5.25. The molecule has 90 valence electrons. The molecule has 0 bridgehead atoms. The monoisotopic (exact) mass is 225 g/mol. The van der Waals surface area contributed by atoms with Crippen LogP contribution in [0.25, 0.3) is 0 Å². The summed E-state index contributed by atoms with van der Waals surface area (Å²) in [4.78, 5) is 11.1. The van der Waals surface area contributed by atoms with Crippen molar-refractivity contribution in [3.8, 4) is 5.75 Å². The number of pyridine rings is 1. The van der Waals surface area contributed by atoms with Crippen molar-refractivity contribution in [3.63, 3.8) is 0 Å². The van der Waals surface area contributed by atoms with Crippen LogP contribution in [0.3, 0.4) is 0 Å². The fourth-order valence-corrected chi connectivity index (χ4v) is 1.54. The Morgan fingerprint density at radius 2 is 2.19 bits per heavy atom. The molecule has 1 rings (SSSR count). The summed E-state index contributed by atoms with van der Waals surface area (Å²) >= 11 is 0. The van der Waals surface area contributed by atoms with Crippen molar-refractivity contribution >= 4 is 0 Å². The summed E-state index contributed by atoms with van der Waals surface area (Å²) in [5.74, 6) is -0.146. The smallest absolute Gasteiger partial charge is 0.223 e. The zero-order valence-corrected chi connectivity index (χ0v) is 9.90. The Labute approximate surface area is 95.5 Å². The van der Waals surface area contributed by atoms with Gasteiger partial charge in [-0.15, -0.1) is 0 Å². The van der Waals surface area contributed by atoms with Gasteiger partial charge in [-0.25, -0.2) is 0 Å². The molecule has 4 nitrogen and oxygen atoms in total. The first-order valence-electron chi connectivity index (χ1n) is 5.63. The lowest BCUT2D eigenvalue weighted by atomic mass is 10.2. The molecule has 0 saturated carbocycles. The third-order valence-electron chi connectivity index (χ3n) is 2.55. The molecule has 0 aliphatic rings. The first-order chi connectivity index (χ1) is 7.66. The Morgan fingerprint density at radius 3 is 2.88 bits per heavy atom. The van der Waals surface area contributed by atoms with E-state index in [0.717, 1.165) is 32.6 Å². The van der Waals surface area contributed by atoms with Crippen LogP contribution in [-0.2, 0) is 11.3 Å². The number of unbranched alkanes of at least 4 members (excludes halogenated alkanes) is 1. The summed E-state index contributed by atoms with van der Waals surface area (Å²) in [6.07, 6.45) is 3.68. The molecular formula is C12H19NO3. The van der Waals surface area contributed by atoms with Gasteiger partial charge in [-0.1, -0.05) is 0 Å². The maximum absolute atomic E-state index is 11.1. The Kier molecular flexibility index (Phi) is 5.05. The minimum Gasteiger partial charge on any atom is -0.503 e. The van der Waals surface area contributed by atoms with E-state index in [1.807, 2.05) is 11.5 Å². The molecule has 0 radical (unpaired) electrons. The van der Waals surface area contributed by atoms with Crippen LogP contribution in [0.5, 0.6) is 5.75 Å². The highest BCUT2D eigenvalue weighted by Gasteiger charge is 2.04. The average molecular weight is 225 g/mol. The van der Waals surface area contributed by atoms with Crippen molar-refractivity contribution in [3.05, 3.63) is 28.2 Å². The van der Waals surface area contributed by atoms with E-state index in [9.17, 15) is 9.90 Å². The van der Waals surface area contributed by atoms with E-state index < -0.39 is 0 Å². The van der Waals surface area contributed by atoms with E-state index in [1.165, 1.54) is 6.07 Å².